The highest BCUT2D eigenvalue weighted by Gasteiger charge is 2.55. The van der Waals surface area contributed by atoms with Crippen molar-refractivity contribution in [3.05, 3.63) is 16.4 Å². The van der Waals surface area contributed by atoms with Crippen molar-refractivity contribution < 1.29 is 19.1 Å². The molecule has 0 radical (unpaired) electrons. The van der Waals surface area contributed by atoms with Crippen LogP contribution in [0.1, 0.15) is 31.3 Å². The second kappa shape index (κ2) is 8.27. The summed E-state index contributed by atoms with van der Waals surface area (Å²) in [4.78, 5) is 28.6. The molecule has 0 unspecified atom stereocenters. The van der Waals surface area contributed by atoms with Gasteiger partial charge in [-0.3, -0.25) is 4.79 Å². The molecule has 2 fully saturated rings. The van der Waals surface area contributed by atoms with Gasteiger partial charge in [-0.1, -0.05) is 19.6 Å². The topological polar surface area (TPSA) is 76.9 Å². The van der Waals surface area contributed by atoms with E-state index in [0.717, 1.165) is 6.04 Å². The van der Waals surface area contributed by atoms with Crippen LogP contribution in [-0.2, 0) is 16.2 Å². The van der Waals surface area contributed by atoms with Gasteiger partial charge in [0, 0.05) is 52.3 Å². The van der Waals surface area contributed by atoms with E-state index in [1.165, 1.54) is 0 Å². The van der Waals surface area contributed by atoms with Gasteiger partial charge in [-0.25, -0.2) is 9.48 Å². The van der Waals surface area contributed by atoms with E-state index < -0.39 is 13.7 Å². The van der Waals surface area contributed by atoms with E-state index >= 15 is 0 Å². The second-order valence-corrected chi connectivity index (χ2v) is 17.1. The van der Waals surface area contributed by atoms with Gasteiger partial charge in [-0.2, -0.15) is 5.10 Å². The molecule has 3 heterocycles. The van der Waals surface area contributed by atoms with Gasteiger partial charge in [-0.05, 0) is 42.7 Å². The van der Waals surface area contributed by atoms with Crippen molar-refractivity contribution in [1.29, 1.82) is 0 Å². The van der Waals surface area contributed by atoms with Crippen LogP contribution < -0.4 is 0 Å². The lowest BCUT2D eigenvalue weighted by atomic mass is 9.73. The van der Waals surface area contributed by atoms with E-state index in [-0.39, 0.29) is 24.1 Å². The fourth-order valence-electron chi connectivity index (χ4n) is 3.67. The fraction of sp³-hybridized carbons (Fsp3) is 0.750. The molecule has 2 amide bonds. The number of carbonyl (C=O) groups excluding carboxylic acids is 2. The quantitative estimate of drug-likeness (QED) is 0.440. The summed E-state index contributed by atoms with van der Waals surface area (Å²) in [6, 6.07) is 2.81. The number of ether oxygens (including phenoxy) is 2. The van der Waals surface area contributed by atoms with Crippen LogP contribution in [-0.4, -0.2) is 78.0 Å². The van der Waals surface area contributed by atoms with Crippen LogP contribution in [0.25, 0.3) is 0 Å². The van der Waals surface area contributed by atoms with Crippen LogP contribution in [0.3, 0.4) is 0 Å². The molecule has 10 heteroatoms. The van der Waals surface area contributed by atoms with Crippen molar-refractivity contribution in [2.75, 3.05) is 32.8 Å². The minimum atomic E-state index is -1.16. The summed E-state index contributed by atoms with van der Waals surface area (Å²) in [5.41, 5.74) is 0.0282. The van der Waals surface area contributed by atoms with Crippen molar-refractivity contribution >= 4 is 36.0 Å². The molecule has 0 atom stereocenters. The summed E-state index contributed by atoms with van der Waals surface area (Å²) in [7, 11) is -1.16. The largest absolute Gasteiger partial charge is 0.444 e. The second-order valence-electron chi connectivity index (χ2n) is 10.7. The van der Waals surface area contributed by atoms with Gasteiger partial charge < -0.3 is 19.3 Å². The lowest BCUT2D eigenvalue weighted by Crippen LogP contribution is -2.73. The first-order valence-electron chi connectivity index (χ1n) is 10.4. The summed E-state index contributed by atoms with van der Waals surface area (Å²) in [5, 5.41) is 4.35. The van der Waals surface area contributed by atoms with Gasteiger partial charge >= 0.3 is 6.09 Å². The highest BCUT2D eigenvalue weighted by molar-refractivity contribution is 9.10. The maximum absolute atomic E-state index is 13.0. The van der Waals surface area contributed by atoms with Crippen molar-refractivity contribution in [2.24, 2.45) is 5.41 Å². The third-order valence-electron chi connectivity index (χ3n) is 5.22. The molecule has 2 saturated heterocycles. The molecular formula is C20H33BrN4O4Si. The number of halogens is 1. The SMILES string of the molecule is CC(C)(C)OC(=O)N1CC2(C1)CN(C(=O)c1cc(Br)nn1COCC[Si](C)(C)C)C2. The third-order valence-corrected chi connectivity index (χ3v) is 7.31. The van der Waals surface area contributed by atoms with E-state index in [0.29, 0.717) is 43.1 Å². The Morgan fingerprint density at radius 2 is 1.77 bits per heavy atom. The Morgan fingerprint density at radius 1 is 1.17 bits per heavy atom. The molecule has 0 N–H and O–H groups in total. The molecule has 0 bridgehead atoms. The van der Waals surface area contributed by atoms with Crippen molar-refractivity contribution in [1.82, 2.24) is 19.6 Å². The predicted molar refractivity (Wildman–Crippen MR) is 120 cm³/mol. The molecular weight excluding hydrogens is 468 g/mol. The molecule has 1 aromatic rings. The van der Waals surface area contributed by atoms with Crippen LogP contribution in [0, 0.1) is 5.41 Å². The Hall–Kier alpha value is -1.39. The highest BCUT2D eigenvalue weighted by atomic mass is 79.9. The van der Waals surface area contributed by atoms with Crippen LogP contribution in [0.15, 0.2) is 10.7 Å². The average molecular weight is 501 g/mol. The van der Waals surface area contributed by atoms with Gasteiger partial charge in [0.15, 0.2) is 0 Å². The number of hydrogen-bond acceptors (Lipinski definition) is 5. The van der Waals surface area contributed by atoms with Crippen LogP contribution >= 0.6 is 15.9 Å². The molecule has 0 saturated carbocycles. The van der Waals surface area contributed by atoms with E-state index in [1.54, 1.807) is 15.6 Å². The normalized spacial score (nSPS) is 18.2. The summed E-state index contributed by atoms with van der Waals surface area (Å²) in [6.07, 6.45) is -0.282. The Labute approximate surface area is 188 Å². The van der Waals surface area contributed by atoms with Crippen LogP contribution in [0.5, 0.6) is 0 Å². The molecule has 168 valence electrons. The molecule has 0 aliphatic carbocycles. The lowest BCUT2D eigenvalue weighted by molar-refractivity contribution is -0.0984. The van der Waals surface area contributed by atoms with Gasteiger partial charge in [0.2, 0.25) is 0 Å². The number of aromatic nitrogens is 2. The Balaban J connectivity index is 1.49. The van der Waals surface area contributed by atoms with Gasteiger partial charge in [0.1, 0.15) is 22.6 Å². The number of likely N-dealkylation sites (tertiary alicyclic amines) is 2. The first kappa shape index (κ1) is 23.3. The minimum absolute atomic E-state index is 0.00246. The molecule has 0 aromatic carbocycles. The average Bonchev–Trinajstić information content (AvgIpc) is 2.87. The first-order valence-corrected chi connectivity index (χ1v) is 14.9. The highest BCUT2D eigenvalue weighted by Crippen LogP contribution is 2.40. The van der Waals surface area contributed by atoms with Crippen molar-refractivity contribution in [3.63, 3.8) is 0 Å². The molecule has 30 heavy (non-hydrogen) atoms. The standard InChI is InChI=1S/C20H33BrN4O4Si/c1-19(2,3)29-18(27)24-12-20(13-24)10-23(11-20)17(26)15-9-16(21)22-25(15)14-28-7-8-30(4,5)6/h9H,7-8,10-14H2,1-6H3. The number of nitrogens with zero attached hydrogens (tertiary/aromatic N) is 4. The zero-order valence-electron chi connectivity index (χ0n) is 18.8. The van der Waals surface area contributed by atoms with E-state index in [1.807, 2.05) is 25.7 Å². The maximum atomic E-state index is 13.0. The number of amides is 2. The van der Waals surface area contributed by atoms with Gasteiger partial charge in [0.05, 0.1) is 0 Å². The first-order chi connectivity index (χ1) is 13.8. The monoisotopic (exact) mass is 500 g/mol. The third kappa shape index (κ3) is 5.64. The molecule has 2 aliphatic heterocycles. The minimum Gasteiger partial charge on any atom is -0.444 e. The molecule has 2 aliphatic rings. The number of hydrogen-bond donors (Lipinski definition) is 0. The summed E-state index contributed by atoms with van der Waals surface area (Å²) < 4.78 is 13.4. The van der Waals surface area contributed by atoms with E-state index in [9.17, 15) is 9.59 Å². The summed E-state index contributed by atoms with van der Waals surface area (Å²) in [6.45, 7) is 16.0. The van der Waals surface area contributed by atoms with E-state index in [2.05, 4.69) is 40.7 Å². The van der Waals surface area contributed by atoms with Crippen LogP contribution in [0.4, 0.5) is 4.79 Å². The Morgan fingerprint density at radius 3 is 2.33 bits per heavy atom. The Bertz CT molecular complexity index is 801. The van der Waals surface area contributed by atoms with E-state index in [4.69, 9.17) is 9.47 Å². The molecule has 1 spiro atoms. The zero-order chi connectivity index (χ0) is 22.3. The molecule has 1 aromatic heterocycles. The summed E-state index contributed by atoms with van der Waals surface area (Å²) >= 11 is 3.37. The molecule has 3 rings (SSSR count). The number of rotatable bonds is 6. The fourth-order valence-corrected chi connectivity index (χ4v) is 4.84. The van der Waals surface area contributed by atoms with Crippen molar-refractivity contribution in [2.45, 2.75) is 58.8 Å². The lowest BCUT2D eigenvalue weighted by Gasteiger charge is -2.59. The predicted octanol–water partition coefficient (Wildman–Crippen LogP) is 3.65. The zero-order valence-corrected chi connectivity index (χ0v) is 21.4. The Kier molecular flexibility index (Phi) is 6.42. The maximum Gasteiger partial charge on any atom is 0.410 e. The smallest absolute Gasteiger partial charge is 0.410 e. The van der Waals surface area contributed by atoms with Gasteiger partial charge in [0.25, 0.3) is 5.91 Å². The van der Waals surface area contributed by atoms with Crippen LogP contribution in [0.2, 0.25) is 25.7 Å². The van der Waals surface area contributed by atoms with Gasteiger partial charge in [-0.15, -0.1) is 0 Å². The molecule has 8 nitrogen and oxygen atoms in total. The summed E-state index contributed by atoms with van der Waals surface area (Å²) in [5.74, 6) is -0.0525. The van der Waals surface area contributed by atoms with Crippen molar-refractivity contribution in [3.8, 4) is 0 Å². The number of carbonyl (C=O) groups is 2.